The van der Waals surface area contributed by atoms with Gasteiger partial charge in [0.05, 0.1) is 17.7 Å². The third-order valence-electron chi connectivity index (χ3n) is 4.57. The summed E-state index contributed by atoms with van der Waals surface area (Å²) >= 11 is 6.07. The van der Waals surface area contributed by atoms with Gasteiger partial charge in [-0.05, 0) is 24.3 Å². The summed E-state index contributed by atoms with van der Waals surface area (Å²) in [5.41, 5.74) is 0.0753. The second-order valence-corrected chi connectivity index (χ2v) is 6.67. The zero-order valence-electron chi connectivity index (χ0n) is 15.2. The number of carbonyl (C=O) groups excluding carboxylic acids is 1. The molecule has 0 bridgehead atoms. The Morgan fingerprint density at radius 3 is 2.56 bits per heavy atom. The van der Waals surface area contributed by atoms with Crippen molar-refractivity contribution in [3.05, 3.63) is 58.9 Å². The van der Waals surface area contributed by atoms with Crippen LogP contribution in [0.2, 0.25) is 5.02 Å². The van der Waals surface area contributed by atoms with E-state index >= 15 is 0 Å². The molecule has 1 amide bonds. The van der Waals surface area contributed by atoms with Crippen LogP contribution in [0.3, 0.4) is 0 Å². The lowest BCUT2D eigenvalue weighted by molar-refractivity contribution is 0.0616. The summed E-state index contributed by atoms with van der Waals surface area (Å²) < 4.78 is 24.8. The van der Waals surface area contributed by atoms with Gasteiger partial charge in [0, 0.05) is 38.8 Å². The van der Waals surface area contributed by atoms with Gasteiger partial charge in [-0.2, -0.15) is 0 Å². The Bertz CT molecular complexity index is 795. The van der Waals surface area contributed by atoms with Gasteiger partial charge in [-0.25, -0.2) is 4.39 Å². The molecule has 5 nitrogen and oxygen atoms in total. The predicted molar refractivity (Wildman–Crippen MR) is 102 cm³/mol. The minimum Gasteiger partial charge on any atom is -0.497 e. The van der Waals surface area contributed by atoms with Crippen molar-refractivity contribution in [3.63, 3.8) is 0 Å². The third kappa shape index (κ3) is 4.90. The van der Waals surface area contributed by atoms with Gasteiger partial charge in [-0.1, -0.05) is 23.7 Å². The number of para-hydroxylation sites is 1. The van der Waals surface area contributed by atoms with E-state index in [1.54, 1.807) is 17.0 Å². The number of carbonyl (C=O) groups is 1. The summed E-state index contributed by atoms with van der Waals surface area (Å²) in [5, 5.41) is 0.592. The SMILES string of the molecule is COc1ccc(C(=O)N2CCN(CCOc3ccccc3Cl)CC2)c(F)c1. The van der Waals surface area contributed by atoms with Gasteiger partial charge < -0.3 is 14.4 Å². The van der Waals surface area contributed by atoms with Gasteiger partial charge in [0.15, 0.2) is 0 Å². The largest absolute Gasteiger partial charge is 0.497 e. The first-order valence-electron chi connectivity index (χ1n) is 8.81. The number of nitrogens with zero attached hydrogens (tertiary/aromatic N) is 2. The Morgan fingerprint density at radius 1 is 1.15 bits per heavy atom. The zero-order valence-corrected chi connectivity index (χ0v) is 15.9. The molecule has 0 spiro atoms. The van der Waals surface area contributed by atoms with E-state index in [4.69, 9.17) is 21.1 Å². The average molecular weight is 393 g/mol. The summed E-state index contributed by atoms with van der Waals surface area (Å²) in [5.74, 6) is 0.215. The van der Waals surface area contributed by atoms with Crippen LogP contribution in [0.25, 0.3) is 0 Å². The lowest BCUT2D eigenvalue weighted by Crippen LogP contribution is -2.49. The Kier molecular flexibility index (Phi) is 6.53. The highest BCUT2D eigenvalue weighted by atomic mass is 35.5. The van der Waals surface area contributed by atoms with Crippen molar-refractivity contribution in [2.24, 2.45) is 0 Å². The Morgan fingerprint density at radius 2 is 1.89 bits per heavy atom. The van der Waals surface area contributed by atoms with Gasteiger partial charge in [0.2, 0.25) is 0 Å². The summed E-state index contributed by atoms with van der Waals surface area (Å²) in [6.45, 7) is 3.80. The summed E-state index contributed by atoms with van der Waals surface area (Å²) in [4.78, 5) is 16.4. The number of benzene rings is 2. The second kappa shape index (κ2) is 9.06. The molecule has 7 heteroatoms. The number of rotatable bonds is 6. The molecule has 0 aromatic heterocycles. The van der Waals surface area contributed by atoms with Crippen LogP contribution in [0.15, 0.2) is 42.5 Å². The van der Waals surface area contributed by atoms with Crippen LogP contribution in [0.5, 0.6) is 11.5 Å². The molecular weight excluding hydrogens is 371 g/mol. The highest BCUT2D eigenvalue weighted by molar-refractivity contribution is 6.32. The van der Waals surface area contributed by atoms with Crippen LogP contribution in [0, 0.1) is 5.82 Å². The quantitative estimate of drug-likeness (QED) is 0.756. The predicted octanol–water partition coefficient (Wildman–Crippen LogP) is 3.32. The van der Waals surface area contributed by atoms with E-state index in [1.807, 2.05) is 18.2 Å². The van der Waals surface area contributed by atoms with E-state index in [0.29, 0.717) is 36.2 Å². The number of hydrogen-bond donors (Lipinski definition) is 0. The van der Waals surface area contributed by atoms with Crippen LogP contribution < -0.4 is 9.47 Å². The molecule has 1 saturated heterocycles. The number of ether oxygens (including phenoxy) is 2. The lowest BCUT2D eigenvalue weighted by Gasteiger charge is -2.34. The van der Waals surface area contributed by atoms with E-state index in [9.17, 15) is 9.18 Å². The molecule has 1 aliphatic rings. The van der Waals surface area contributed by atoms with Crippen molar-refractivity contribution < 1.29 is 18.7 Å². The maximum absolute atomic E-state index is 14.1. The van der Waals surface area contributed by atoms with Gasteiger partial charge in [0.25, 0.3) is 5.91 Å². The number of piperazine rings is 1. The molecule has 1 fully saturated rings. The smallest absolute Gasteiger partial charge is 0.256 e. The van der Waals surface area contributed by atoms with E-state index in [2.05, 4.69) is 4.90 Å². The molecule has 2 aromatic rings. The van der Waals surface area contributed by atoms with E-state index in [1.165, 1.54) is 19.2 Å². The van der Waals surface area contributed by atoms with Crippen LogP contribution in [0.4, 0.5) is 4.39 Å². The lowest BCUT2D eigenvalue weighted by atomic mass is 10.1. The monoisotopic (exact) mass is 392 g/mol. The Labute approximate surface area is 163 Å². The Hall–Kier alpha value is -2.31. The van der Waals surface area contributed by atoms with Crippen molar-refractivity contribution in [1.29, 1.82) is 0 Å². The topological polar surface area (TPSA) is 42.0 Å². The summed E-state index contributed by atoms with van der Waals surface area (Å²) in [6, 6.07) is 11.7. The highest BCUT2D eigenvalue weighted by Gasteiger charge is 2.24. The van der Waals surface area contributed by atoms with Gasteiger partial charge in [-0.15, -0.1) is 0 Å². The molecule has 0 radical (unpaired) electrons. The van der Waals surface area contributed by atoms with Crippen LogP contribution in [-0.2, 0) is 0 Å². The average Bonchev–Trinajstić information content (AvgIpc) is 2.69. The maximum Gasteiger partial charge on any atom is 0.256 e. The molecule has 0 atom stereocenters. The molecule has 1 heterocycles. The molecule has 144 valence electrons. The fourth-order valence-electron chi connectivity index (χ4n) is 2.99. The van der Waals surface area contributed by atoms with E-state index in [-0.39, 0.29) is 11.5 Å². The van der Waals surface area contributed by atoms with Gasteiger partial charge in [0.1, 0.15) is 23.9 Å². The number of methoxy groups -OCH3 is 1. The number of amides is 1. The van der Waals surface area contributed by atoms with Crippen molar-refractivity contribution in [3.8, 4) is 11.5 Å². The fourth-order valence-corrected chi connectivity index (χ4v) is 3.18. The van der Waals surface area contributed by atoms with Crippen molar-refractivity contribution in [1.82, 2.24) is 9.80 Å². The fraction of sp³-hybridized carbons (Fsp3) is 0.350. The molecule has 3 rings (SSSR count). The van der Waals surface area contributed by atoms with Crippen LogP contribution >= 0.6 is 11.6 Å². The van der Waals surface area contributed by atoms with E-state index < -0.39 is 5.82 Å². The highest BCUT2D eigenvalue weighted by Crippen LogP contribution is 2.23. The van der Waals surface area contributed by atoms with Crippen LogP contribution in [0.1, 0.15) is 10.4 Å². The minimum atomic E-state index is -0.560. The molecular formula is C20H22ClFN2O3. The molecule has 0 saturated carbocycles. The summed E-state index contributed by atoms with van der Waals surface area (Å²) in [6.07, 6.45) is 0. The molecule has 0 unspecified atom stereocenters. The second-order valence-electron chi connectivity index (χ2n) is 6.26. The van der Waals surface area contributed by atoms with Crippen molar-refractivity contribution >= 4 is 17.5 Å². The molecule has 27 heavy (non-hydrogen) atoms. The number of halogens is 2. The first-order valence-corrected chi connectivity index (χ1v) is 9.19. The molecule has 0 aliphatic carbocycles. The Balaban J connectivity index is 1.47. The molecule has 1 aliphatic heterocycles. The summed E-state index contributed by atoms with van der Waals surface area (Å²) in [7, 11) is 1.46. The van der Waals surface area contributed by atoms with Crippen molar-refractivity contribution in [2.45, 2.75) is 0 Å². The third-order valence-corrected chi connectivity index (χ3v) is 4.88. The normalized spacial score (nSPS) is 14.9. The molecule has 0 N–H and O–H groups in total. The first-order chi connectivity index (χ1) is 13.1. The van der Waals surface area contributed by atoms with Crippen LogP contribution in [-0.4, -0.2) is 62.1 Å². The van der Waals surface area contributed by atoms with Crippen molar-refractivity contribution in [2.75, 3.05) is 46.4 Å². The first kappa shape index (κ1) is 19.5. The molecule has 2 aromatic carbocycles. The zero-order chi connectivity index (χ0) is 19.2. The van der Waals surface area contributed by atoms with Gasteiger partial charge in [-0.3, -0.25) is 9.69 Å². The standard InChI is InChI=1S/C20H22ClFN2O3/c1-26-15-6-7-16(18(22)14-15)20(25)24-10-8-23(9-11-24)12-13-27-19-5-3-2-4-17(19)21/h2-7,14H,8-13H2,1H3. The van der Waals surface area contributed by atoms with E-state index in [0.717, 1.165) is 19.6 Å². The minimum absolute atomic E-state index is 0.0753. The van der Waals surface area contributed by atoms with Gasteiger partial charge >= 0.3 is 0 Å². The number of hydrogen-bond acceptors (Lipinski definition) is 4. The maximum atomic E-state index is 14.1.